The molecule has 0 atom stereocenters. The third-order valence-electron chi connectivity index (χ3n) is 5.77. The highest BCUT2D eigenvalue weighted by Crippen LogP contribution is 2.36. The number of rotatable bonds is 6. The Labute approximate surface area is 245 Å². The molecule has 0 N–H and O–H groups in total. The molecule has 44 heavy (non-hydrogen) atoms. The summed E-state index contributed by atoms with van der Waals surface area (Å²) >= 11 is 0. The third kappa shape index (κ3) is 7.58. The average molecular weight is 616 g/mol. The van der Waals surface area contributed by atoms with E-state index in [1.165, 1.54) is 0 Å². The predicted octanol–water partition coefficient (Wildman–Crippen LogP) is 7.89. The first-order valence-electron chi connectivity index (χ1n) is 12.5. The number of nitrogens with zero attached hydrogens (tertiary/aromatic N) is 2. The van der Waals surface area contributed by atoms with Crippen LogP contribution >= 0.6 is 0 Å². The van der Waals surface area contributed by atoms with Gasteiger partial charge in [-0.3, -0.25) is 0 Å². The molecule has 4 aromatic rings. The van der Waals surface area contributed by atoms with Crippen molar-refractivity contribution < 1.29 is 44.3 Å². The van der Waals surface area contributed by atoms with Gasteiger partial charge in [0.15, 0.2) is 17.5 Å². The van der Waals surface area contributed by atoms with Crippen molar-refractivity contribution in [3.63, 3.8) is 0 Å². The summed E-state index contributed by atoms with van der Waals surface area (Å²) in [5, 5.41) is 0. The van der Waals surface area contributed by atoms with Gasteiger partial charge in [-0.1, -0.05) is 29.9 Å². The van der Waals surface area contributed by atoms with Crippen LogP contribution in [0.5, 0.6) is 5.75 Å². The maximum atomic E-state index is 14.6. The molecule has 1 heterocycles. The lowest BCUT2D eigenvalue weighted by Crippen LogP contribution is -2.25. The van der Waals surface area contributed by atoms with E-state index in [1.807, 2.05) is 25.0 Å². The number of hydrogen-bond donors (Lipinski definition) is 0. The molecule has 0 fully saturated rings. The Morgan fingerprint density at radius 3 is 1.77 bits per heavy atom. The number of halogens is 9. The van der Waals surface area contributed by atoms with E-state index in [-0.39, 0.29) is 23.5 Å². The van der Waals surface area contributed by atoms with Crippen molar-refractivity contribution in [3.05, 3.63) is 135 Å². The Morgan fingerprint density at radius 2 is 1.23 bits per heavy atom. The summed E-state index contributed by atoms with van der Waals surface area (Å²) in [6.45, 7) is 1.90. The van der Waals surface area contributed by atoms with Crippen LogP contribution in [0.15, 0.2) is 60.9 Å². The van der Waals surface area contributed by atoms with Crippen LogP contribution in [0.3, 0.4) is 0 Å². The van der Waals surface area contributed by atoms with Gasteiger partial charge in [-0.05, 0) is 55.5 Å². The summed E-state index contributed by atoms with van der Waals surface area (Å²) in [5.74, 6) is -3.78. The van der Waals surface area contributed by atoms with Gasteiger partial charge < -0.3 is 4.74 Å². The van der Waals surface area contributed by atoms with Gasteiger partial charge in [0.1, 0.15) is 34.6 Å². The normalized spacial score (nSPS) is 11.1. The molecule has 0 unspecified atom stereocenters. The molecule has 0 aliphatic carbocycles. The maximum Gasteiger partial charge on any atom is 0.432 e. The molecule has 0 spiro atoms. The largest absolute Gasteiger partial charge is 0.432 e. The molecule has 0 bridgehead atoms. The molecule has 3 nitrogen and oxygen atoms in total. The fourth-order valence-corrected chi connectivity index (χ4v) is 3.71. The minimum Gasteiger partial charge on any atom is -0.429 e. The predicted molar refractivity (Wildman–Crippen MR) is 141 cm³/mol. The Balaban J connectivity index is 1.53. The topological polar surface area (TPSA) is 35.0 Å². The standard InChI is InChI=1S/C32H17F9N2O/c1-2-3-4-5-20-16-42-29(43-17-20)9-7-19-10-23(33)22(24(34)11-19)8-6-18-12-25(35)30(26(36)13-18)32(40,41)44-21-14-27(37)31(39)28(38)15-21/h2-3,10-17H,4-5H2,1H3/b3-2+. The van der Waals surface area contributed by atoms with E-state index in [0.29, 0.717) is 12.1 Å². The number of hydrogen-bond acceptors (Lipinski definition) is 3. The number of aryl methyl sites for hydroxylation is 1. The molecule has 0 radical (unpaired) electrons. The van der Waals surface area contributed by atoms with Gasteiger partial charge in [-0.2, -0.15) is 8.78 Å². The van der Waals surface area contributed by atoms with Crippen LogP contribution in [-0.4, -0.2) is 9.97 Å². The number of allylic oxidation sites excluding steroid dienone is 2. The van der Waals surface area contributed by atoms with Crippen molar-refractivity contribution in [2.45, 2.75) is 25.9 Å². The first-order chi connectivity index (χ1) is 20.9. The van der Waals surface area contributed by atoms with Crippen LogP contribution in [-0.2, 0) is 12.5 Å². The highest BCUT2D eigenvalue weighted by Gasteiger charge is 2.41. The van der Waals surface area contributed by atoms with Crippen LogP contribution in [0.1, 0.15) is 47.0 Å². The summed E-state index contributed by atoms with van der Waals surface area (Å²) < 4.78 is 131. The molecule has 4 rings (SSSR count). The van der Waals surface area contributed by atoms with Gasteiger partial charge in [0.2, 0.25) is 5.82 Å². The van der Waals surface area contributed by atoms with Crippen molar-refractivity contribution in [2.75, 3.05) is 0 Å². The minimum absolute atomic E-state index is 0.0560. The zero-order valence-corrected chi connectivity index (χ0v) is 22.4. The number of aromatic nitrogens is 2. The molecule has 3 aromatic carbocycles. The lowest BCUT2D eigenvalue weighted by atomic mass is 10.1. The van der Waals surface area contributed by atoms with Crippen molar-refractivity contribution >= 4 is 0 Å². The fraction of sp³-hybridized carbons (Fsp3) is 0.125. The van der Waals surface area contributed by atoms with Crippen molar-refractivity contribution in [1.29, 1.82) is 0 Å². The van der Waals surface area contributed by atoms with Gasteiger partial charge in [0.25, 0.3) is 0 Å². The van der Waals surface area contributed by atoms with Gasteiger partial charge in [-0.25, -0.2) is 40.7 Å². The highest BCUT2D eigenvalue weighted by molar-refractivity contribution is 5.49. The third-order valence-corrected chi connectivity index (χ3v) is 5.77. The lowest BCUT2D eigenvalue weighted by Gasteiger charge is -2.19. The second-order valence-corrected chi connectivity index (χ2v) is 8.97. The van der Waals surface area contributed by atoms with E-state index in [4.69, 9.17) is 0 Å². The number of alkyl halides is 2. The molecular formula is C32H17F9N2O. The van der Waals surface area contributed by atoms with Gasteiger partial charge in [0, 0.05) is 35.7 Å². The second kappa shape index (κ2) is 13.4. The van der Waals surface area contributed by atoms with E-state index in [9.17, 15) is 39.5 Å². The SMILES string of the molecule is C/C=C/CCc1cnc(C#Cc2cc(F)c(C#Cc3cc(F)c(C(F)(F)Oc4cc(F)c(F)c(F)c4)c(F)c3)c(F)c2)nc1. The molecule has 1 aromatic heterocycles. The Morgan fingerprint density at radius 1 is 0.705 bits per heavy atom. The summed E-state index contributed by atoms with van der Waals surface area (Å²) in [5.41, 5.74) is -2.55. The molecule has 224 valence electrons. The monoisotopic (exact) mass is 616 g/mol. The first kappa shape index (κ1) is 31.7. The summed E-state index contributed by atoms with van der Waals surface area (Å²) in [6, 6.07) is 2.48. The Kier molecular flexibility index (Phi) is 9.64. The maximum absolute atomic E-state index is 14.6. The van der Waals surface area contributed by atoms with Crippen molar-refractivity contribution in [1.82, 2.24) is 9.97 Å². The van der Waals surface area contributed by atoms with Crippen LogP contribution in [0, 0.1) is 64.4 Å². The molecule has 0 aliphatic rings. The van der Waals surface area contributed by atoms with E-state index < -0.39 is 69.3 Å². The van der Waals surface area contributed by atoms with Crippen LogP contribution < -0.4 is 4.74 Å². The smallest absolute Gasteiger partial charge is 0.429 e. The molecule has 0 saturated carbocycles. The molecule has 0 amide bonds. The highest BCUT2D eigenvalue weighted by atomic mass is 19.3. The molecule has 0 saturated heterocycles. The van der Waals surface area contributed by atoms with E-state index in [2.05, 4.69) is 32.5 Å². The number of ether oxygens (including phenoxy) is 1. The van der Waals surface area contributed by atoms with Gasteiger partial charge >= 0.3 is 6.11 Å². The van der Waals surface area contributed by atoms with E-state index >= 15 is 0 Å². The van der Waals surface area contributed by atoms with E-state index in [1.54, 1.807) is 12.4 Å². The van der Waals surface area contributed by atoms with Crippen molar-refractivity contribution in [2.24, 2.45) is 0 Å². The zero-order valence-electron chi connectivity index (χ0n) is 22.4. The summed E-state index contributed by atoms with van der Waals surface area (Å²) in [4.78, 5) is 8.17. The summed E-state index contributed by atoms with van der Waals surface area (Å²) in [7, 11) is 0. The second-order valence-electron chi connectivity index (χ2n) is 8.97. The zero-order chi connectivity index (χ0) is 32.0. The number of benzene rings is 3. The lowest BCUT2D eigenvalue weighted by molar-refractivity contribution is -0.189. The van der Waals surface area contributed by atoms with Gasteiger partial charge in [0.05, 0.1) is 5.56 Å². The quantitative estimate of drug-likeness (QED) is 0.0957. The Bertz CT molecular complexity index is 1800. The summed E-state index contributed by atoms with van der Waals surface area (Å²) in [6.07, 6.45) is 3.80. The molecular weight excluding hydrogens is 599 g/mol. The van der Waals surface area contributed by atoms with E-state index in [0.717, 1.165) is 30.5 Å². The first-order valence-corrected chi connectivity index (χ1v) is 12.5. The van der Waals surface area contributed by atoms with Crippen LogP contribution in [0.25, 0.3) is 0 Å². The van der Waals surface area contributed by atoms with Gasteiger partial charge in [-0.15, -0.1) is 0 Å². The molecule has 0 aliphatic heterocycles. The Hall–Kier alpha value is -5.23. The van der Waals surface area contributed by atoms with Crippen LogP contribution in [0.2, 0.25) is 0 Å². The fourth-order valence-electron chi connectivity index (χ4n) is 3.71. The molecule has 12 heteroatoms. The van der Waals surface area contributed by atoms with Crippen LogP contribution in [0.4, 0.5) is 39.5 Å². The minimum atomic E-state index is -4.81. The van der Waals surface area contributed by atoms with Crippen molar-refractivity contribution in [3.8, 4) is 29.4 Å². The average Bonchev–Trinajstić information content (AvgIpc) is 2.94.